The average molecular weight is 301 g/mol. The van der Waals surface area contributed by atoms with E-state index in [1.54, 1.807) is 0 Å². The highest BCUT2D eigenvalue weighted by Gasteiger charge is 2.47. The summed E-state index contributed by atoms with van der Waals surface area (Å²) in [5, 5.41) is 3.26. The molecule has 22 heavy (non-hydrogen) atoms. The first-order valence-corrected chi connectivity index (χ1v) is 9.05. The molecule has 3 aromatic rings. The Hall–Kier alpha value is -2.81. The average Bonchev–Trinajstić information content (AvgIpc) is 2.62. The Balaban J connectivity index is 2.37. The van der Waals surface area contributed by atoms with Crippen molar-refractivity contribution in [2.75, 3.05) is 0 Å². The minimum absolute atomic E-state index is 1.09. The van der Waals surface area contributed by atoms with Crippen LogP contribution in [0.25, 0.3) is 10.4 Å². The van der Waals surface area contributed by atoms with Gasteiger partial charge in [-0.25, -0.2) is 0 Å². The molecule has 3 rings (SSSR count). The summed E-state index contributed by atoms with van der Waals surface area (Å²) >= 11 is 0. The molecule has 0 aliphatic heterocycles. The van der Waals surface area contributed by atoms with Gasteiger partial charge in [0.1, 0.15) is 0 Å². The maximum atomic E-state index is 9.28. The van der Waals surface area contributed by atoms with E-state index in [9.17, 15) is 5.53 Å². The van der Waals surface area contributed by atoms with Gasteiger partial charge in [-0.1, -0.05) is 91.0 Å². The Bertz CT molecular complexity index is 686. The van der Waals surface area contributed by atoms with Crippen LogP contribution in [-0.2, 0) is 0 Å². The Morgan fingerprint density at radius 3 is 1.14 bits per heavy atom. The highest BCUT2D eigenvalue weighted by molar-refractivity contribution is 7.09. The summed E-state index contributed by atoms with van der Waals surface area (Å²) < 4.78 is 4.39. The van der Waals surface area contributed by atoms with Gasteiger partial charge in [0.25, 0.3) is 0 Å². The van der Waals surface area contributed by atoms with Gasteiger partial charge < -0.3 is 0 Å². The number of benzene rings is 3. The van der Waals surface area contributed by atoms with Crippen molar-refractivity contribution in [2.45, 2.75) is 0 Å². The maximum absolute atomic E-state index is 9.28. The Morgan fingerprint density at radius 1 is 0.545 bits per heavy atom. The summed E-state index contributed by atoms with van der Waals surface area (Å²) in [6.07, 6.45) is 0. The van der Waals surface area contributed by atoms with Crippen LogP contribution < -0.4 is 20.3 Å². The Kier molecular flexibility index (Phi) is 4.05. The highest BCUT2D eigenvalue weighted by atomic mass is 28.3. The quantitative estimate of drug-likeness (QED) is 0.233. The largest absolute Gasteiger partial charge is 0.386 e. The van der Waals surface area contributed by atoms with Gasteiger partial charge >= 0.3 is 13.8 Å². The van der Waals surface area contributed by atoms with Crippen molar-refractivity contribution < 1.29 is 0 Å². The third kappa shape index (κ3) is 2.41. The lowest BCUT2D eigenvalue weighted by molar-refractivity contribution is 1.43. The molecule has 3 nitrogen and oxygen atoms in total. The SMILES string of the molecule is [N-]=[N+]=[N+][Si](c1ccccc1)(c1ccccc1)c1ccccc1. The molecule has 0 aliphatic rings. The van der Waals surface area contributed by atoms with Crippen molar-refractivity contribution in [1.82, 2.24) is 4.78 Å². The molecule has 3 aromatic carbocycles. The van der Waals surface area contributed by atoms with E-state index < -0.39 is 8.24 Å². The fraction of sp³-hybridized carbons (Fsp3) is 0. The lowest BCUT2D eigenvalue weighted by Gasteiger charge is -2.21. The van der Waals surface area contributed by atoms with Crippen LogP contribution in [0.15, 0.2) is 91.0 Å². The van der Waals surface area contributed by atoms with Gasteiger partial charge in [-0.05, 0) is 15.6 Å². The number of rotatable bonds is 4. The lowest BCUT2D eigenvalue weighted by Crippen LogP contribution is -2.70. The van der Waals surface area contributed by atoms with E-state index >= 15 is 0 Å². The third-order valence-electron chi connectivity index (χ3n) is 3.77. The van der Waals surface area contributed by atoms with Crippen LogP contribution >= 0.6 is 0 Å². The van der Waals surface area contributed by atoms with Crippen molar-refractivity contribution in [3.8, 4) is 0 Å². The second kappa shape index (κ2) is 6.31. The topological polar surface area (TPSA) is 50.5 Å². The summed E-state index contributed by atoms with van der Waals surface area (Å²) in [5.74, 6) is 0. The molecule has 0 spiro atoms. The van der Waals surface area contributed by atoms with Gasteiger partial charge in [0, 0.05) is 0 Å². The van der Waals surface area contributed by atoms with Crippen LogP contribution in [0.5, 0.6) is 0 Å². The zero-order chi connectivity index (χ0) is 15.3. The molecule has 0 heterocycles. The smallest absolute Gasteiger partial charge is 0.0623 e. The van der Waals surface area contributed by atoms with Gasteiger partial charge in [0.2, 0.25) is 4.91 Å². The Labute approximate surface area is 130 Å². The Morgan fingerprint density at radius 2 is 0.864 bits per heavy atom. The molecular weight excluding hydrogens is 286 g/mol. The molecule has 4 heteroatoms. The molecule has 0 bridgehead atoms. The van der Waals surface area contributed by atoms with E-state index in [1.165, 1.54) is 0 Å². The molecule has 0 saturated carbocycles. The first-order valence-electron chi connectivity index (χ1n) is 7.11. The van der Waals surface area contributed by atoms with Crippen LogP contribution in [0.1, 0.15) is 0 Å². The normalized spacial score (nSPS) is 10.7. The van der Waals surface area contributed by atoms with Crippen molar-refractivity contribution in [1.29, 1.82) is 0 Å². The molecule has 0 amide bonds. The number of hydrogen-bond donors (Lipinski definition) is 0. The van der Waals surface area contributed by atoms with Crippen LogP contribution in [0.2, 0.25) is 0 Å². The van der Waals surface area contributed by atoms with Crippen molar-refractivity contribution in [2.24, 2.45) is 0 Å². The molecule has 0 aromatic heterocycles. The molecule has 0 unspecified atom stereocenters. The van der Waals surface area contributed by atoms with Gasteiger partial charge in [-0.3, -0.25) is 0 Å². The summed E-state index contributed by atoms with van der Waals surface area (Å²) in [6, 6.07) is 30.3. The van der Waals surface area contributed by atoms with E-state index in [4.69, 9.17) is 0 Å². The first-order chi connectivity index (χ1) is 10.9. The zero-order valence-electron chi connectivity index (χ0n) is 12.0. The summed E-state index contributed by atoms with van der Waals surface area (Å²) in [7, 11) is -2.72. The second-order valence-corrected chi connectivity index (χ2v) is 8.35. The van der Waals surface area contributed by atoms with Crippen molar-refractivity contribution in [3.63, 3.8) is 0 Å². The molecule has 105 valence electrons. The van der Waals surface area contributed by atoms with Crippen molar-refractivity contribution >= 4 is 23.8 Å². The zero-order valence-corrected chi connectivity index (χ0v) is 13.0. The monoisotopic (exact) mass is 301 g/mol. The molecular formula is C18H15N3Si+. The molecule has 0 aliphatic carbocycles. The molecule has 1 radical (unpaired) electrons. The third-order valence-corrected chi connectivity index (χ3v) is 7.67. The van der Waals surface area contributed by atoms with Crippen LogP contribution in [-0.4, -0.2) is 8.24 Å². The molecule has 0 fully saturated rings. The van der Waals surface area contributed by atoms with E-state index in [0.717, 1.165) is 15.6 Å². The predicted octanol–water partition coefficient (Wildman–Crippen LogP) is 2.30. The number of nitrogens with zero attached hydrogens (tertiary/aromatic N) is 3. The molecule has 0 atom stereocenters. The van der Waals surface area contributed by atoms with Crippen LogP contribution in [0.4, 0.5) is 0 Å². The van der Waals surface area contributed by atoms with Gasteiger partial charge in [-0.2, -0.15) is 0 Å². The summed E-state index contributed by atoms with van der Waals surface area (Å²) in [4.78, 5) is 3.22. The van der Waals surface area contributed by atoms with Gasteiger partial charge in [-0.15, -0.1) is 0 Å². The fourth-order valence-corrected chi connectivity index (χ4v) is 6.28. The van der Waals surface area contributed by atoms with Gasteiger partial charge in [0.05, 0.1) is 4.78 Å². The standard InChI is InChI=1S/C18H15N3Si/c19-20-21-22(16-10-4-1-5-11-16,17-12-6-2-7-13-17)18-14-8-3-9-15-18/h1-15H/q+1. The molecule has 0 saturated heterocycles. The van der Waals surface area contributed by atoms with Gasteiger partial charge in [0.15, 0.2) is 0 Å². The molecule has 0 N–H and O–H groups in total. The highest BCUT2D eigenvalue weighted by Crippen LogP contribution is 2.04. The van der Waals surface area contributed by atoms with E-state index in [1.807, 2.05) is 54.6 Å². The minimum Gasteiger partial charge on any atom is -0.0623 e. The maximum Gasteiger partial charge on any atom is 0.386 e. The first kappa shape index (κ1) is 14.1. The lowest BCUT2D eigenvalue weighted by atomic mass is 10.3. The minimum atomic E-state index is -2.72. The van der Waals surface area contributed by atoms with Crippen LogP contribution in [0, 0.1) is 0 Å². The van der Waals surface area contributed by atoms with Crippen LogP contribution in [0.3, 0.4) is 0 Å². The van der Waals surface area contributed by atoms with E-state index in [-0.39, 0.29) is 0 Å². The summed E-state index contributed by atoms with van der Waals surface area (Å²) in [6.45, 7) is 0. The summed E-state index contributed by atoms with van der Waals surface area (Å²) in [5.41, 5.74) is 9.28. The number of hydrogen-bond acceptors (Lipinski definition) is 1. The predicted molar refractivity (Wildman–Crippen MR) is 92.8 cm³/mol. The second-order valence-electron chi connectivity index (χ2n) is 5.00. The van der Waals surface area contributed by atoms with E-state index in [0.29, 0.717) is 0 Å². The van der Waals surface area contributed by atoms with E-state index in [2.05, 4.69) is 46.1 Å². The number of azide groups is 1. The fourth-order valence-electron chi connectivity index (χ4n) is 2.78. The van der Waals surface area contributed by atoms with Crippen molar-refractivity contribution in [3.05, 3.63) is 101 Å².